The van der Waals surface area contributed by atoms with E-state index in [4.69, 9.17) is 4.98 Å². The summed E-state index contributed by atoms with van der Waals surface area (Å²) < 4.78 is 133. The third kappa shape index (κ3) is 7.91. The molecule has 13 nitrogen and oxygen atoms in total. The normalized spacial score (nSPS) is 17.6. The Balaban J connectivity index is 1.28. The number of aliphatic hydroxyl groups is 1. The molecule has 0 unspecified atom stereocenters. The maximum atomic E-state index is 15.7. The van der Waals surface area contributed by atoms with E-state index in [-0.39, 0.29) is 41.4 Å². The maximum absolute atomic E-state index is 15.7. The first-order valence-corrected chi connectivity index (χ1v) is 21.2. The van der Waals surface area contributed by atoms with Crippen LogP contribution in [0.15, 0.2) is 54.6 Å². The number of hydrogen-bond donors (Lipinski definition) is 4. The minimum absolute atomic E-state index is 0.0122. The van der Waals surface area contributed by atoms with Crippen LogP contribution in [0.1, 0.15) is 60.9 Å². The number of carbonyl (C=O) groups excluding carboxylic acids is 1. The second kappa shape index (κ2) is 14.8. The molecule has 2 aliphatic rings. The first-order chi connectivity index (χ1) is 28.5. The van der Waals surface area contributed by atoms with Crippen molar-refractivity contribution in [3.63, 3.8) is 0 Å². The Labute approximate surface area is 346 Å². The molecule has 4 aromatic heterocycles. The minimum Gasteiger partial charge on any atom is -0.389 e. The highest BCUT2D eigenvalue weighted by atomic mass is 32.2. The van der Waals surface area contributed by atoms with Gasteiger partial charge in [0.15, 0.2) is 22.3 Å². The van der Waals surface area contributed by atoms with E-state index in [1.807, 2.05) is 0 Å². The molecule has 3 atom stereocenters. The van der Waals surface area contributed by atoms with Gasteiger partial charge in [-0.3, -0.25) is 18.9 Å². The zero-order valence-electron chi connectivity index (χ0n) is 32.6. The predicted molar refractivity (Wildman–Crippen MR) is 212 cm³/mol. The average Bonchev–Trinajstić information content (AvgIpc) is 3.84. The lowest BCUT2D eigenvalue weighted by Gasteiger charge is -2.27. The molecule has 0 spiro atoms. The van der Waals surface area contributed by atoms with Crippen molar-refractivity contribution < 1.29 is 49.1 Å². The fourth-order valence-electron chi connectivity index (χ4n) is 7.71. The number of hydrogen-bond acceptors (Lipinski definition) is 10. The summed E-state index contributed by atoms with van der Waals surface area (Å²) in [5.74, 6) is -9.80. The van der Waals surface area contributed by atoms with Crippen LogP contribution in [0.4, 0.5) is 41.7 Å². The zero-order chi connectivity index (χ0) is 44.0. The molecule has 8 rings (SSSR count). The molecule has 22 heteroatoms. The SMILES string of the molecule is CCS(=O)(=O)Nc1nn(C)c2c(-c3cc4sc(NCC(C)(C)O)nc4nc3[C@H](Cc3cc(F)cc(F)c3)NC(=O)Cn3nc(C(F)(F)F)c4c3C(F)(F)[C@@H]3C=C[C@H]43)cccc12. The van der Waals surface area contributed by atoms with Gasteiger partial charge < -0.3 is 15.7 Å². The van der Waals surface area contributed by atoms with Gasteiger partial charge in [-0.1, -0.05) is 35.6 Å². The summed E-state index contributed by atoms with van der Waals surface area (Å²) >= 11 is 1.16. The van der Waals surface area contributed by atoms with E-state index >= 15 is 8.78 Å². The largest absolute Gasteiger partial charge is 0.435 e. The summed E-state index contributed by atoms with van der Waals surface area (Å²) in [5, 5.41) is 24.6. The number of amides is 1. The van der Waals surface area contributed by atoms with Crippen LogP contribution < -0.4 is 15.4 Å². The summed E-state index contributed by atoms with van der Waals surface area (Å²) in [5.41, 5.74) is -3.16. The van der Waals surface area contributed by atoms with Crippen LogP contribution in [-0.4, -0.2) is 66.9 Å². The van der Waals surface area contributed by atoms with Crippen LogP contribution in [0, 0.1) is 17.6 Å². The monoisotopic (exact) mass is 891 g/mol. The quantitative estimate of drug-likeness (QED) is 0.0695. The van der Waals surface area contributed by atoms with Gasteiger partial charge in [-0.15, -0.1) is 0 Å². The van der Waals surface area contributed by atoms with Gasteiger partial charge in [0.25, 0.3) is 5.92 Å². The molecule has 0 saturated heterocycles. The van der Waals surface area contributed by atoms with Gasteiger partial charge in [-0.2, -0.15) is 32.1 Å². The number of aryl methyl sites for hydroxylation is 1. The van der Waals surface area contributed by atoms with Crippen LogP contribution in [0.2, 0.25) is 0 Å². The predicted octanol–water partition coefficient (Wildman–Crippen LogP) is 7.16. The molecule has 0 fully saturated rings. The first-order valence-electron chi connectivity index (χ1n) is 18.8. The molecule has 322 valence electrons. The van der Waals surface area contributed by atoms with E-state index in [0.29, 0.717) is 42.6 Å². The Kier molecular flexibility index (Phi) is 10.2. The van der Waals surface area contributed by atoms with Gasteiger partial charge in [-0.25, -0.2) is 27.2 Å². The fourth-order valence-corrected chi connectivity index (χ4v) is 9.15. The van der Waals surface area contributed by atoms with Crippen LogP contribution in [0.25, 0.3) is 32.4 Å². The van der Waals surface area contributed by atoms with Crippen LogP contribution in [0.5, 0.6) is 0 Å². The number of thiazole rings is 1. The molecular weight excluding hydrogens is 856 g/mol. The first kappa shape index (κ1) is 42.1. The lowest BCUT2D eigenvalue weighted by atomic mass is 9.81. The van der Waals surface area contributed by atoms with Gasteiger partial charge in [0.1, 0.15) is 23.9 Å². The molecule has 2 aliphatic carbocycles. The number of rotatable bonds is 13. The number of pyridine rings is 1. The Bertz CT molecular complexity index is 2860. The third-order valence-corrected chi connectivity index (χ3v) is 12.6. The van der Waals surface area contributed by atoms with E-state index in [1.165, 1.54) is 17.7 Å². The van der Waals surface area contributed by atoms with Crippen molar-refractivity contribution >= 4 is 59.5 Å². The molecule has 4 heterocycles. The molecule has 6 aromatic rings. The Morgan fingerprint density at radius 3 is 2.39 bits per heavy atom. The van der Waals surface area contributed by atoms with Crippen molar-refractivity contribution in [2.24, 2.45) is 13.0 Å². The van der Waals surface area contributed by atoms with Crippen molar-refractivity contribution in [1.82, 2.24) is 34.8 Å². The summed E-state index contributed by atoms with van der Waals surface area (Å²) in [4.78, 5) is 23.5. The number of allylic oxidation sites excluding steroid dienone is 2. The number of para-hydroxylation sites is 1. The molecule has 0 radical (unpaired) electrons. The second-order valence-corrected chi connectivity index (χ2v) is 18.6. The van der Waals surface area contributed by atoms with E-state index in [0.717, 1.165) is 29.5 Å². The van der Waals surface area contributed by atoms with Crippen LogP contribution in [0.3, 0.4) is 0 Å². The van der Waals surface area contributed by atoms with Crippen molar-refractivity contribution in [3.8, 4) is 11.1 Å². The number of aromatic nitrogens is 6. The Hall–Kier alpha value is -5.61. The average molecular weight is 892 g/mol. The number of fused-ring (bicyclic) bond motifs is 5. The van der Waals surface area contributed by atoms with Gasteiger partial charge in [0.2, 0.25) is 15.9 Å². The number of alkyl halides is 5. The number of halogens is 7. The number of carbonyl (C=O) groups is 1. The molecule has 0 aliphatic heterocycles. The summed E-state index contributed by atoms with van der Waals surface area (Å²) in [6, 6.07) is 7.87. The van der Waals surface area contributed by atoms with Crippen molar-refractivity contribution in [2.45, 2.75) is 63.4 Å². The van der Waals surface area contributed by atoms with Gasteiger partial charge in [0.05, 0.1) is 39.2 Å². The van der Waals surface area contributed by atoms with E-state index < -0.39 is 86.6 Å². The van der Waals surface area contributed by atoms with E-state index in [1.54, 1.807) is 45.2 Å². The molecule has 1 amide bonds. The van der Waals surface area contributed by atoms with Crippen LogP contribution in [-0.2, 0) is 46.9 Å². The van der Waals surface area contributed by atoms with Crippen molar-refractivity contribution in [1.29, 1.82) is 0 Å². The Morgan fingerprint density at radius 1 is 1.03 bits per heavy atom. The van der Waals surface area contributed by atoms with Crippen molar-refractivity contribution in [2.75, 3.05) is 22.3 Å². The minimum atomic E-state index is -5.12. The van der Waals surface area contributed by atoms with E-state index in [9.17, 15) is 40.3 Å². The fraction of sp³-hybridized carbons (Fsp3) is 0.359. The molecule has 0 bridgehead atoms. The number of nitrogens with zero attached hydrogens (tertiary/aromatic N) is 6. The van der Waals surface area contributed by atoms with Gasteiger partial charge in [0, 0.05) is 47.7 Å². The molecule has 61 heavy (non-hydrogen) atoms. The lowest BCUT2D eigenvalue weighted by molar-refractivity contribution is -0.142. The number of anilines is 2. The van der Waals surface area contributed by atoms with Crippen molar-refractivity contribution in [3.05, 3.63) is 94.5 Å². The van der Waals surface area contributed by atoms with E-state index in [2.05, 4.69) is 30.5 Å². The number of nitrogens with one attached hydrogen (secondary N) is 3. The maximum Gasteiger partial charge on any atom is 0.435 e. The summed E-state index contributed by atoms with van der Waals surface area (Å²) in [6.07, 6.45) is -3.15. The van der Waals surface area contributed by atoms with Gasteiger partial charge >= 0.3 is 6.18 Å². The molecule has 4 N–H and O–H groups in total. The highest BCUT2D eigenvalue weighted by molar-refractivity contribution is 7.92. The standard InChI is InChI=1S/C39H36F7N9O4S2/c1-5-61(58,59)53-34-23-8-6-7-21(31(23)54(4)52-34)24-15-27-35(50-36(60-27)47-17-37(2,3)57)49-30(24)26(13-18-11-19(40)14-20(41)12-18)48-28(56)16-55-33-29(32(51-55)39(44,45)46)22-9-10-25(22)38(33,42)43/h6-12,14-15,22,25-26,57H,5,13,16-17H2,1-4H3,(H,48,56)(H,52,53)(H,47,49,50)/t22-,25+,26-/m0/s1. The van der Waals surface area contributed by atoms with Gasteiger partial charge in [-0.05, 0) is 57.0 Å². The molecular formula is C39H36F7N9O4S2. The van der Waals surface area contributed by atoms with Crippen LogP contribution >= 0.6 is 11.3 Å². The smallest absolute Gasteiger partial charge is 0.389 e. The highest BCUT2D eigenvalue weighted by Gasteiger charge is 2.61. The molecule has 2 aromatic carbocycles. The zero-order valence-corrected chi connectivity index (χ0v) is 34.2. The topological polar surface area (TPSA) is 169 Å². The highest BCUT2D eigenvalue weighted by Crippen LogP contribution is 2.60. The Morgan fingerprint density at radius 2 is 1.75 bits per heavy atom. The number of sulfonamides is 1. The number of benzene rings is 2. The molecule has 0 saturated carbocycles. The summed E-state index contributed by atoms with van der Waals surface area (Å²) in [6.45, 7) is 3.60. The third-order valence-electron chi connectivity index (χ3n) is 10.4. The second-order valence-electron chi connectivity index (χ2n) is 15.5. The lowest BCUT2D eigenvalue weighted by Crippen LogP contribution is -2.36. The summed E-state index contributed by atoms with van der Waals surface area (Å²) in [7, 11) is -2.23.